The van der Waals surface area contributed by atoms with Gasteiger partial charge in [0, 0.05) is 24.8 Å². The summed E-state index contributed by atoms with van der Waals surface area (Å²) in [6, 6.07) is 0. The highest BCUT2D eigenvalue weighted by Gasteiger charge is 2.00. The van der Waals surface area contributed by atoms with Gasteiger partial charge in [-0.1, -0.05) is 0 Å². The SMILES string of the molecule is CNC(=O)CNCc1cn[nH]c1C. The summed E-state index contributed by atoms with van der Waals surface area (Å²) in [7, 11) is 1.62. The van der Waals surface area contributed by atoms with Crippen molar-refractivity contribution in [2.24, 2.45) is 0 Å². The van der Waals surface area contributed by atoms with Crippen molar-refractivity contribution >= 4 is 5.91 Å². The third kappa shape index (κ3) is 2.87. The van der Waals surface area contributed by atoms with Crippen molar-refractivity contribution in [3.8, 4) is 0 Å². The lowest BCUT2D eigenvalue weighted by atomic mass is 10.2. The number of carbonyl (C=O) groups is 1. The van der Waals surface area contributed by atoms with E-state index in [1.54, 1.807) is 13.2 Å². The van der Waals surface area contributed by atoms with Crippen molar-refractivity contribution < 1.29 is 4.79 Å². The van der Waals surface area contributed by atoms with E-state index >= 15 is 0 Å². The molecule has 0 saturated carbocycles. The van der Waals surface area contributed by atoms with E-state index in [-0.39, 0.29) is 5.91 Å². The molecule has 1 amide bonds. The second-order valence-electron chi connectivity index (χ2n) is 2.80. The van der Waals surface area contributed by atoms with Crippen molar-refractivity contribution in [2.45, 2.75) is 13.5 Å². The maximum atomic E-state index is 10.8. The Morgan fingerprint density at radius 1 is 1.69 bits per heavy atom. The van der Waals surface area contributed by atoms with E-state index < -0.39 is 0 Å². The molecule has 0 bridgehead atoms. The second-order valence-corrected chi connectivity index (χ2v) is 2.80. The van der Waals surface area contributed by atoms with Gasteiger partial charge in [0.1, 0.15) is 0 Å². The van der Waals surface area contributed by atoms with Gasteiger partial charge in [-0.2, -0.15) is 5.10 Å². The van der Waals surface area contributed by atoms with E-state index in [9.17, 15) is 4.79 Å². The molecule has 0 saturated heterocycles. The van der Waals surface area contributed by atoms with Gasteiger partial charge >= 0.3 is 0 Å². The molecule has 13 heavy (non-hydrogen) atoms. The highest BCUT2D eigenvalue weighted by Crippen LogP contribution is 2.00. The van der Waals surface area contributed by atoms with E-state index in [4.69, 9.17) is 0 Å². The Kier molecular flexibility index (Phi) is 3.45. The number of nitrogens with one attached hydrogen (secondary N) is 3. The Morgan fingerprint density at radius 3 is 3.00 bits per heavy atom. The minimum Gasteiger partial charge on any atom is -0.358 e. The molecule has 0 aliphatic carbocycles. The minimum absolute atomic E-state index is 0.0128. The van der Waals surface area contributed by atoms with Crippen LogP contribution in [0.1, 0.15) is 11.3 Å². The summed E-state index contributed by atoms with van der Waals surface area (Å²) in [4.78, 5) is 10.8. The van der Waals surface area contributed by atoms with Gasteiger partial charge in [-0.05, 0) is 6.92 Å². The summed E-state index contributed by atoms with van der Waals surface area (Å²) >= 11 is 0. The lowest BCUT2D eigenvalue weighted by molar-refractivity contribution is -0.119. The highest BCUT2D eigenvalue weighted by atomic mass is 16.1. The van der Waals surface area contributed by atoms with Gasteiger partial charge in [-0.25, -0.2) is 0 Å². The van der Waals surface area contributed by atoms with Gasteiger partial charge in [0.25, 0.3) is 0 Å². The molecule has 0 fully saturated rings. The Balaban J connectivity index is 2.28. The maximum absolute atomic E-state index is 10.8. The molecule has 0 aliphatic heterocycles. The number of likely N-dealkylation sites (N-methyl/N-ethyl adjacent to an activating group) is 1. The fraction of sp³-hybridized carbons (Fsp3) is 0.500. The number of aryl methyl sites for hydroxylation is 1. The highest BCUT2D eigenvalue weighted by molar-refractivity contribution is 5.77. The van der Waals surface area contributed by atoms with Gasteiger partial charge in [-0.3, -0.25) is 9.89 Å². The molecule has 1 heterocycles. The van der Waals surface area contributed by atoms with Crippen LogP contribution in [0.25, 0.3) is 0 Å². The Bertz CT molecular complexity index is 281. The molecule has 0 atom stereocenters. The van der Waals surface area contributed by atoms with Crippen LogP contribution in [-0.2, 0) is 11.3 Å². The normalized spacial score (nSPS) is 10.0. The van der Waals surface area contributed by atoms with E-state index in [1.165, 1.54) is 0 Å². The van der Waals surface area contributed by atoms with Crippen molar-refractivity contribution in [3.63, 3.8) is 0 Å². The molecule has 1 rings (SSSR count). The smallest absolute Gasteiger partial charge is 0.233 e. The van der Waals surface area contributed by atoms with E-state index in [0.717, 1.165) is 11.3 Å². The number of hydrogen-bond donors (Lipinski definition) is 3. The number of aromatic nitrogens is 2. The van der Waals surface area contributed by atoms with Crippen LogP contribution in [0.15, 0.2) is 6.20 Å². The third-order valence-corrected chi connectivity index (χ3v) is 1.81. The monoisotopic (exact) mass is 182 g/mol. The Morgan fingerprint density at radius 2 is 2.46 bits per heavy atom. The number of amides is 1. The Hall–Kier alpha value is -1.36. The average molecular weight is 182 g/mol. The van der Waals surface area contributed by atoms with Crippen molar-refractivity contribution in [1.29, 1.82) is 0 Å². The summed E-state index contributed by atoms with van der Waals surface area (Å²) < 4.78 is 0. The van der Waals surface area contributed by atoms with Gasteiger partial charge < -0.3 is 10.6 Å². The first-order valence-electron chi connectivity index (χ1n) is 4.14. The zero-order valence-electron chi connectivity index (χ0n) is 7.85. The van der Waals surface area contributed by atoms with Crippen LogP contribution in [0.5, 0.6) is 0 Å². The summed E-state index contributed by atoms with van der Waals surface area (Å²) in [5, 5.41) is 12.2. The molecule has 0 spiro atoms. The average Bonchev–Trinajstić information content (AvgIpc) is 2.52. The molecular weight excluding hydrogens is 168 g/mol. The molecule has 0 aliphatic rings. The first kappa shape index (κ1) is 9.73. The van der Waals surface area contributed by atoms with Crippen LogP contribution in [-0.4, -0.2) is 29.7 Å². The molecule has 5 nitrogen and oxygen atoms in total. The first-order valence-corrected chi connectivity index (χ1v) is 4.14. The van der Waals surface area contributed by atoms with Crippen LogP contribution in [0, 0.1) is 6.92 Å². The number of carbonyl (C=O) groups excluding carboxylic acids is 1. The predicted molar refractivity (Wildman–Crippen MR) is 49.1 cm³/mol. The van der Waals surface area contributed by atoms with Crippen LogP contribution >= 0.6 is 0 Å². The molecule has 72 valence electrons. The van der Waals surface area contributed by atoms with Crippen molar-refractivity contribution in [1.82, 2.24) is 20.8 Å². The second kappa shape index (κ2) is 4.61. The lowest BCUT2D eigenvalue weighted by Crippen LogP contribution is -2.31. The van der Waals surface area contributed by atoms with Crippen LogP contribution < -0.4 is 10.6 Å². The van der Waals surface area contributed by atoms with Gasteiger partial charge in [0.2, 0.25) is 5.91 Å². The maximum Gasteiger partial charge on any atom is 0.233 e. The summed E-state index contributed by atoms with van der Waals surface area (Å²) in [6.07, 6.45) is 1.76. The quantitative estimate of drug-likeness (QED) is 0.591. The van der Waals surface area contributed by atoms with Gasteiger partial charge in [-0.15, -0.1) is 0 Å². The van der Waals surface area contributed by atoms with Gasteiger partial charge in [0.15, 0.2) is 0 Å². The fourth-order valence-electron chi connectivity index (χ4n) is 0.953. The fourth-order valence-corrected chi connectivity index (χ4v) is 0.953. The van der Waals surface area contributed by atoms with Gasteiger partial charge in [0.05, 0.1) is 12.7 Å². The summed E-state index contributed by atoms with van der Waals surface area (Å²) in [5.74, 6) is -0.0128. The third-order valence-electron chi connectivity index (χ3n) is 1.81. The molecule has 0 radical (unpaired) electrons. The molecule has 3 N–H and O–H groups in total. The van der Waals surface area contributed by atoms with Crippen LogP contribution in [0.4, 0.5) is 0 Å². The molecule has 1 aromatic rings. The minimum atomic E-state index is -0.0128. The number of hydrogen-bond acceptors (Lipinski definition) is 3. The standard InChI is InChI=1S/C8H14N4O/c1-6-7(4-11-12-6)3-10-5-8(13)9-2/h4,10H,3,5H2,1-2H3,(H,9,13)(H,11,12). The zero-order chi connectivity index (χ0) is 9.68. The summed E-state index contributed by atoms with van der Waals surface area (Å²) in [6.45, 7) is 2.95. The zero-order valence-corrected chi connectivity index (χ0v) is 7.85. The molecular formula is C8H14N4O. The number of rotatable bonds is 4. The number of H-pyrrole nitrogens is 1. The molecule has 0 aromatic carbocycles. The Labute approximate surface area is 76.9 Å². The molecule has 1 aromatic heterocycles. The van der Waals surface area contributed by atoms with E-state index in [2.05, 4.69) is 20.8 Å². The number of nitrogens with zero attached hydrogens (tertiary/aromatic N) is 1. The van der Waals surface area contributed by atoms with Crippen LogP contribution in [0.3, 0.4) is 0 Å². The largest absolute Gasteiger partial charge is 0.358 e. The topological polar surface area (TPSA) is 69.8 Å². The van der Waals surface area contributed by atoms with Crippen molar-refractivity contribution in [3.05, 3.63) is 17.5 Å². The van der Waals surface area contributed by atoms with E-state index in [1.807, 2.05) is 6.92 Å². The van der Waals surface area contributed by atoms with Crippen LogP contribution in [0.2, 0.25) is 0 Å². The van der Waals surface area contributed by atoms with Crippen molar-refractivity contribution in [2.75, 3.05) is 13.6 Å². The predicted octanol–water partition coefficient (Wildman–Crippen LogP) is -0.446. The molecule has 5 heteroatoms. The van der Waals surface area contributed by atoms with E-state index in [0.29, 0.717) is 13.1 Å². The summed E-state index contributed by atoms with van der Waals surface area (Å²) in [5.41, 5.74) is 2.12. The molecule has 0 unspecified atom stereocenters. The number of aromatic amines is 1. The lowest BCUT2D eigenvalue weighted by Gasteiger charge is -2.01. The first-order chi connectivity index (χ1) is 6.24.